The zero-order chi connectivity index (χ0) is 18.1. The minimum atomic E-state index is -0.390. The van der Waals surface area contributed by atoms with Crippen molar-refractivity contribution in [2.75, 3.05) is 0 Å². The summed E-state index contributed by atoms with van der Waals surface area (Å²) in [6, 6.07) is 12.3. The summed E-state index contributed by atoms with van der Waals surface area (Å²) in [6.45, 7) is 0.281. The summed E-state index contributed by atoms with van der Waals surface area (Å²) < 4.78 is 29.8. The van der Waals surface area contributed by atoms with E-state index in [4.69, 9.17) is 0 Å². The molecule has 130 valence electrons. The molecule has 0 saturated heterocycles. The standard InChI is InChI=1S/C18H13F2N5O/c19-14-6-3-4-12(8-14)9-24-11-21-17-16(18(24)26)22-23-25(17)10-13-5-1-2-7-15(13)20/h1-8,11H,9-10H2. The lowest BCUT2D eigenvalue weighted by atomic mass is 10.2. The molecule has 8 heteroatoms. The molecule has 0 aliphatic heterocycles. The van der Waals surface area contributed by atoms with Crippen LogP contribution >= 0.6 is 0 Å². The molecule has 0 saturated carbocycles. The lowest BCUT2D eigenvalue weighted by molar-refractivity contribution is 0.581. The van der Waals surface area contributed by atoms with E-state index in [9.17, 15) is 13.6 Å². The highest BCUT2D eigenvalue weighted by molar-refractivity contribution is 5.67. The Balaban J connectivity index is 1.69. The highest BCUT2D eigenvalue weighted by atomic mass is 19.1. The Morgan fingerprint density at radius 2 is 1.85 bits per heavy atom. The Labute approximate surface area is 146 Å². The van der Waals surface area contributed by atoms with Crippen molar-refractivity contribution in [2.45, 2.75) is 13.1 Å². The number of benzene rings is 2. The van der Waals surface area contributed by atoms with Gasteiger partial charge >= 0.3 is 0 Å². The molecule has 4 aromatic rings. The van der Waals surface area contributed by atoms with Gasteiger partial charge in [0.15, 0.2) is 11.2 Å². The van der Waals surface area contributed by atoms with Crippen molar-refractivity contribution in [1.82, 2.24) is 24.5 Å². The van der Waals surface area contributed by atoms with Crippen molar-refractivity contribution >= 4 is 11.2 Å². The van der Waals surface area contributed by atoms with Crippen LogP contribution in [0, 0.1) is 11.6 Å². The number of halogens is 2. The van der Waals surface area contributed by atoms with Crippen molar-refractivity contribution in [1.29, 1.82) is 0 Å². The van der Waals surface area contributed by atoms with Crippen molar-refractivity contribution in [3.8, 4) is 0 Å². The van der Waals surface area contributed by atoms with E-state index in [-0.39, 0.29) is 41.4 Å². The first-order valence-corrected chi connectivity index (χ1v) is 7.88. The summed E-state index contributed by atoms with van der Waals surface area (Å²) in [4.78, 5) is 16.8. The molecule has 0 fully saturated rings. The van der Waals surface area contributed by atoms with Crippen molar-refractivity contribution in [2.24, 2.45) is 0 Å². The van der Waals surface area contributed by atoms with E-state index in [1.165, 1.54) is 33.8 Å². The normalized spacial score (nSPS) is 11.2. The molecule has 2 aromatic heterocycles. The molecule has 6 nitrogen and oxygen atoms in total. The van der Waals surface area contributed by atoms with Gasteiger partial charge in [0.1, 0.15) is 18.0 Å². The molecule has 2 aromatic carbocycles. The van der Waals surface area contributed by atoms with Crippen molar-refractivity contribution in [3.05, 3.63) is 88.0 Å². The number of hydrogen-bond donors (Lipinski definition) is 0. The van der Waals surface area contributed by atoms with Crippen LogP contribution in [0.2, 0.25) is 0 Å². The maximum Gasteiger partial charge on any atom is 0.283 e. The van der Waals surface area contributed by atoms with Crippen molar-refractivity contribution in [3.63, 3.8) is 0 Å². The average Bonchev–Trinajstić information content (AvgIpc) is 3.03. The molecule has 0 amide bonds. The fourth-order valence-corrected chi connectivity index (χ4v) is 2.73. The smallest absolute Gasteiger partial charge is 0.283 e. The third-order valence-corrected chi connectivity index (χ3v) is 4.01. The highest BCUT2D eigenvalue weighted by Gasteiger charge is 2.13. The third-order valence-electron chi connectivity index (χ3n) is 4.01. The Morgan fingerprint density at radius 1 is 1.00 bits per heavy atom. The first-order chi connectivity index (χ1) is 12.6. The lowest BCUT2D eigenvalue weighted by Gasteiger charge is -2.06. The molecular weight excluding hydrogens is 340 g/mol. The van der Waals surface area contributed by atoms with Crippen LogP contribution in [-0.4, -0.2) is 24.5 Å². The number of fused-ring (bicyclic) bond motifs is 1. The van der Waals surface area contributed by atoms with Gasteiger partial charge in [-0.2, -0.15) is 0 Å². The molecule has 0 aliphatic rings. The second-order valence-electron chi connectivity index (χ2n) is 5.82. The Bertz CT molecular complexity index is 1150. The molecular formula is C18H13F2N5O. The fraction of sp³-hybridized carbons (Fsp3) is 0.111. The first kappa shape index (κ1) is 16.1. The summed E-state index contributed by atoms with van der Waals surface area (Å²) in [5.41, 5.74) is 1.02. The van der Waals surface area contributed by atoms with Gasteiger partial charge < -0.3 is 0 Å². The zero-order valence-corrected chi connectivity index (χ0v) is 13.5. The van der Waals surface area contributed by atoms with Gasteiger partial charge in [-0.3, -0.25) is 9.36 Å². The third kappa shape index (κ3) is 2.97. The largest absolute Gasteiger partial charge is 0.293 e. The SMILES string of the molecule is O=c1c2nnn(Cc3ccccc3F)c2ncn1Cc1cccc(F)c1. The van der Waals surface area contributed by atoms with Gasteiger partial charge in [-0.05, 0) is 23.8 Å². The minimum Gasteiger partial charge on any atom is -0.293 e. The number of nitrogens with zero attached hydrogens (tertiary/aromatic N) is 5. The fourth-order valence-electron chi connectivity index (χ4n) is 2.73. The number of aromatic nitrogens is 5. The summed E-state index contributed by atoms with van der Waals surface area (Å²) >= 11 is 0. The molecule has 0 bridgehead atoms. The summed E-state index contributed by atoms with van der Waals surface area (Å²) in [5, 5.41) is 7.80. The second-order valence-corrected chi connectivity index (χ2v) is 5.82. The highest BCUT2D eigenvalue weighted by Crippen LogP contribution is 2.11. The van der Waals surface area contributed by atoms with Crippen LogP contribution in [0.1, 0.15) is 11.1 Å². The maximum atomic E-state index is 13.8. The summed E-state index contributed by atoms with van der Waals surface area (Å²) in [7, 11) is 0. The van der Waals surface area contributed by atoms with Crippen LogP contribution in [0.25, 0.3) is 11.2 Å². The monoisotopic (exact) mass is 353 g/mol. The van der Waals surface area contributed by atoms with Gasteiger partial charge in [0, 0.05) is 5.56 Å². The van der Waals surface area contributed by atoms with Crippen molar-refractivity contribution < 1.29 is 8.78 Å². The van der Waals surface area contributed by atoms with E-state index < -0.39 is 0 Å². The van der Waals surface area contributed by atoms with E-state index in [2.05, 4.69) is 15.3 Å². The van der Waals surface area contributed by atoms with Gasteiger partial charge in [0.2, 0.25) is 0 Å². The molecule has 0 atom stereocenters. The zero-order valence-electron chi connectivity index (χ0n) is 13.5. The lowest BCUT2D eigenvalue weighted by Crippen LogP contribution is -2.21. The van der Waals surface area contributed by atoms with Gasteiger partial charge in [-0.25, -0.2) is 18.4 Å². The van der Waals surface area contributed by atoms with Gasteiger partial charge in [0.05, 0.1) is 13.1 Å². The van der Waals surface area contributed by atoms with Crippen LogP contribution < -0.4 is 5.56 Å². The number of rotatable bonds is 4. The molecule has 0 aliphatic carbocycles. The van der Waals surface area contributed by atoms with E-state index in [0.717, 1.165) is 0 Å². The van der Waals surface area contributed by atoms with E-state index in [0.29, 0.717) is 11.1 Å². The van der Waals surface area contributed by atoms with Gasteiger partial charge in [0.25, 0.3) is 5.56 Å². The predicted molar refractivity (Wildman–Crippen MR) is 90.6 cm³/mol. The Morgan fingerprint density at radius 3 is 2.65 bits per heavy atom. The first-order valence-electron chi connectivity index (χ1n) is 7.88. The summed E-state index contributed by atoms with van der Waals surface area (Å²) in [5.74, 6) is -0.740. The van der Waals surface area contributed by atoms with E-state index in [1.54, 1.807) is 30.3 Å². The summed E-state index contributed by atoms with van der Waals surface area (Å²) in [6.07, 6.45) is 1.36. The molecule has 0 N–H and O–H groups in total. The Kier molecular flexibility index (Phi) is 4.00. The predicted octanol–water partition coefficient (Wildman–Crippen LogP) is 2.36. The molecule has 0 radical (unpaired) electrons. The van der Waals surface area contributed by atoms with Gasteiger partial charge in [-0.1, -0.05) is 35.5 Å². The molecule has 2 heterocycles. The minimum absolute atomic E-state index is 0.0836. The molecule has 4 rings (SSSR count). The van der Waals surface area contributed by atoms with Gasteiger partial charge in [-0.15, -0.1) is 5.10 Å². The van der Waals surface area contributed by atoms with Crippen LogP contribution in [0.3, 0.4) is 0 Å². The molecule has 0 unspecified atom stereocenters. The van der Waals surface area contributed by atoms with E-state index in [1.807, 2.05) is 0 Å². The second kappa shape index (κ2) is 6.47. The molecule has 26 heavy (non-hydrogen) atoms. The number of hydrogen-bond acceptors (Lipinski definition) is 4. The maximum absolute atomic E-state index is 13.8. The van der Waals surface area contributed by atoms with Crippen LogP contribution in [0.15, 0.2) is 59.7 Å². The van der Waals surface area contributed by atoms with E-state index >= 15 is 0 Å². The van der Waals surface area contributed by atoms with Crippen LogP contribution in [0.4, 0.5) is 8.78 Å². The van der Waals surface area contributed by atoms with Crippen LogP contribution in [0.5, 0.6) is 0 Å². The quantitative estimate of drug-likeness (QED) is 0.565. The average molecular weight is 353 g/mol. The molecule has 0 spiro atoms. The Hall–Kier alpha value is -3.42. The van der Waals surface area contributed by atoms with Crippen LogP contribution in [-0.2, 0) is 13.1 Å². The topological polar surface area (TPSA) is 65.6 Å².